The molecule has 3 rings (SSSR count). The van der Waals surface area contributed by atoms with Crippen molar-refractivity contribution in [3.05, 3.63) is 89.5 Å². The number of hydrogen-bond donors (Lipinski definition) is 2. The minimum absolute atomic E-state index is 0.0187. The standard InChI is InChI=1S/C24H26N2O4S/c1-17-10-12-22(13-11-17)30-16-19(3)25-24(27)20-7-5-9-23(15-20)31(28,29)26-21-8-4-6-18(2)14-21/h4-15,19,26H,16H2,1-3H3,(H,25,27)/t19-/m1/s1. The average molecular weight is 439 g/mol. The van der Waals surface area contributed by atoms with E-state index in [1.54, 1.807) is 30.3 Å². The van der Waals surface area contributed by atoms with Crippen LogP contribution >= 0.6 is 0 Å². The third-order valence-corrected chi connectivity index (χ3v) is 5.95. The zero-order valence-corrected chi connectivity index (χ0v) is 18.6. The summed E-state index contributed by atoms with van der Waals surface area (Å²) in [6.45, 7) is 6.00. The van der Waals surface area contributed by atoms with Gasteiger partial charge in [0.15, 0.2) is 0 Å². The summed E-state index contributed by atoms with van der Waals surface area (Å²) < 4.78 is 33.7. The van der Waals surface area contributed by atoms with E-state index in [1.165, 1.54) is 12.1 Å². The summed E-state index contributed by atoms with van der Waals surface area (Å²) in [4.78, 5) is 12.6. The van der Waals surface area contributed by atoms with Crippen molar-refractivity contribution < 1.29 is 17.9 Å². The van der Waals surface area contributed by atoms with Gasteiger partial charge in [-0.2, -0.15) is 0 Å². The van der Waals surface area contributed by atoms with Crippen LogP contribution in [-0.2, 0) is 10.0 Å². The number of nitrogens with one attached hydrogen (secondary N) is 2. The molecule has 0 aliphatic heterocycles. The van der Waals surface area contributed by atoms with E-state index >= 15 is 0 Å². The topological polar surface area (TPSA) is 84.5 Å². The zero-order valence-electron chi connectivity index (χ0n) is 17.8. The average Bonchev–Trinajstić information content (AvgIpc) is 2.73. The van der Waals surface area contributed by atoms with Crippen LogP contribution in [0.5, 0.6) is 5.75 Å². The van der Waals surface area contributed by atoms with E-state index in [0.29, 0.717) is 12.3 Å². The van der Waals surface area contributed by atoms with E-state index in [-0.39, 0.29) is 22.4 Å². The lowest BCUT2D eigenvalue weighted by molar-refractivity contribution is 0.0926. The molecule has 162 valence electrons. The zero-order chi connectivity index (χ0) is 22.4. The van der Waals surface area contributed by atoms with Crippen molar-refractivity contribution in [3.8, 4) is 5.75 Å². The van der Waals surface area contributed by atoms with Crippen molar-refractivity contribution in [3.63, 3.8) is 0 Å². The van der Waals surface area contributed by atoms with Crippen molar-refractivity contribution in [2.24, 2.45) is 0 Å². The Kier molecular flexibility index (Phi) is 6.97. The number of sulfonamides is 1. The molecule has 0 aliphatic rings. The molecular formula is C24H26N2O4S. The SMILES string of the molecule is Cc1ccc(OC[C@@H](C)NC(=O)c2cccc(S(=O)(=O)Nc3cccc(C)c3)c2)cc1. The van der Waals surface area contributed by atoms with Gasteiger partial charge in [0.1, 0.15) is 12.4 Å². The smallest absolute Gasteiger partial charge is 0.261 e. The molecule has 3 aromatic rings. The number of amides is 1. The third-order valence-electron chi connectivity index (χ3n) is 4.58. The monoisotopic (exact) mass is 438 g/mol. The van der Waals surface area contributed by atoms with Crippen molar-refractivity contribution in [2.75, 3.05) is 11.3 Å². The highest BCUT2D eigenvalue weighted by molar-refractivity contribution is 7.92. The first-order valence-corrected chi connectivity index (χ1v) is 11.4. The molecule has 0 bridgehead atoms. The Hall–Kier alpha value is -3.32. The Morgan fingerprint density at radius 3 is 2.35 bits per heavy atom. The Labute approximate surface area is 183 Å². The van der Waals surface area contributed by atoms with Gasteiger partial charge >= 0.3 is 0 Å². The van der Waals surface area contributed by atoms with Crippen molar-refractivity contribution in [2.45, 2.75) is 31.7 Å². The van der Waals surface area contributed by atoms with E-state index in [9.17, 15) is 13.2 Å². The van der Waals surface area contributed by atoms with Crippen LogP contribution in [0.25, 0.3) is 0 Å². The summed E-state index contributed by atoms with van der Waals surface area (Å²) in [5.41, 5.74) is 2.81. The van der Waals surface area contributed by atoms with Crippen molar-refractivity contribution in [1.29, 1.82) is 0 Å². The number of anilines is 1. The molecule has 31 heavy (non-hydrogen) atoms. The van der Waals surface area contributed by atoms with Gasteiger partial charge in [-0.25, -0.2) is 8.42 Å². The summed E-state index contributed by atoms with van der Waals surface area (Å²) in [5, 5.41) is 2.83. The fraction of sp³-hybridized carbons (Fsp3) is 0.208. The number of carbonyl (C=O) groups is 1. The lowest BCUT2D eigenvalue weighted by Gasteiger charge is -2.16. The Balaban J connectivity index is 1.64. The molecule has 7 heteroatoms. The molecule has 0 radical (unpaired) electrons. The second kappa shape index (κ2) is 9.66. The molecule has 6 nitrogen and oxygen atoms in total. The third kappa shape index (κ3) is 6.33. The lowest BCUT2D eigenvalue weighted by atomic mass is 10.2. The summed E-state index contributed by atoms with van der Waals surface area (Å²) in [7, 11) is -3.82. The molecule has 0 saturated carbocycles. The molecule has 1 atom stereocenters. The number of carbonyl (C=O) groups excluding carboxylic acids is 1. The molecule has 0 heterocycles. The number of hydrogen-bond acceptors (Lipinski definition) is 4. The fourth-order valence-corrected chi connectivity index (χ4v) is 4.03. The highest BCUT2D eigenvalue weighted by Gasteiger charge is 2.17. The predicted molar refractivity (Wildman–Crippen MR) is 122 cm³/mol. The maximum atomic E-state index is 12.7. The number of rotatable bonds is 8. The fourth-order valence-electron chi connectivity index (χ4n) is 2.93. The molecule has 3 aromatic carbocycles. The maximum absolute atomic E-state index is 12.7. The van der Waals surface area contributed by atoms with Crippen LogP contribution in [0.4, 0.5) is 5.69 Å². The van der Waals surface area contributed by atoms with Crippen LogP contribution in [0.2, 0.25) is 0 Å². The quantitative estimate of drug-likeness (QED) is 0.549. The van der Waals surface area contributed by atoms with Crippen LogP contribution < -0.4 is 14.8 Å². The first-order valence-electron chi connectivity index (χ1n) is 9.93. The van der Waals surface area contributed by atoms with Crippen molar-refractivity contribution in [1.82, 2.24) is 5.32 Å². The predicted octanol–water partition coefficient (Wildman–Crippen LogP) is 4.30. The molecule has 0 aliphatic carbocycles. The van der Waals surface area contributed by atoms with E-state index < -0.39 is 10.0 Å². The molecule has 0 saturated heterocycles. The molecule has 0 fully saturated rings. The summed E-state index contributed by atoms with van der Waals surface area (Å²) >= 11 is 0. The Bertz CT molecular complexity index is 1160. The van der Waals surface area contributed by atoms with Gasteiger partial charge in [0.05, 0.1) is 10.9 Å². The number of aryl methyl sites for hydroxylation is 2. The van der Waals surface area contributed by atoms with Gasteiger partial charge in [-0.3, -0.25) is 9.52 Å². The highest BCUT2D eigenvalue weighted by atomic mass is 32.2. The van der Waals surface area contributed by atoms with Crippen LogP contribution in [0, 0.1) is 13.8 Å². The second-order valence-electron chi connectivity index (χ2n) is 7.50. The highest BCUT2D eigenvalue weighted by Crippen LogP contribution is 2.18. The lowest BCUT2D eigenvalue weighted by Crippen LogP contribution is -2.36. The second-order valence-corrected chi connectivity index (χ2v) is 9.18. The largest absolute Gasteiger partial charge is 0.491 e. The number of benzene rings is 3. The van der Waals surface area contributed by atoms with Gasteiger partial charge in [-0.05, 0) is 68.8 Å². The van der Waals surface area contributed by atoms with Crippen LogP contribution in [0.15, 0.2) is 77.7 Å². The maximum Gasteiger partial charge on any atom is 0.261 e. The van der Waals surface area contributed by atoms with Gasteiger partial charge in [0.25, 0.3) is 15.9 Å². The van der Waals surface area contributed by atoms with E-state index in [0.717, 1.165) is 16.9 Å². The van der Waals surface area contributed by atoms with Gasteiger partial charge < -0.3 is 10.1 Å². The summed E-state index contributed by atoms with van der Waals surface area (Å²) in [5.74, 6) is 0.356. The molecular weight excluding hydrogens is 412 g/mol. The van der Waals surface area contributed by atoms with Gasteiger partial charge in [0.2, 0.25) is 0 Å². The van der Waals surface area contributed by atoms with Gasteiger partial charge in [0, 0.05) is 11.3 Å². The van der Waals surface area contributed by atoms with E-state index in [1.807, 2.05) is 51.1 Å². The summed E-state index contributed by atoms with van der Waals surface area (Å²) in [6, 6.07) is 20.4. The van der Waals surface area contributed by atoms with Crippen LogP contribution in [-0.4, -0.2) is 27.0 Å². The van der Waals surface area contributed by atoms with Crippen molar-refractivity contribution >= 4 is 21.6 Å². The first-order chi connectivity index (χ1) is 14.7. The Morgan fingerprint density at radius 2 is 1.65 bits per heavy atom. The molecule has 0 unspecified atom stereocenters. The van der Waals surface area contributed by atoms with Crippen LogP contribution in [0.3, 0.4) is 0 Å². The number of ether oxygens (including phenoxy) is 1. The molecule has 0 aromatic heterocycles. The normalized spacial score (nSPS) is 12.1. The summed E-state index contributed by atoms with van der Waals surface area (Å²) in [6.07, 6.45) is 0. The first kappa shape index (κ1) is 22.4. The molecule has 0 spiro atoms. The molecule has 2 N–H and O–H groups in total. The van der Waals surface area contributed by atoms with Crippen LogP contribution in [0.1, 0.15) is 28.4 Å². The van der Waals surface area contributed by atoms with E-state index in [2.05, 4.69) is 10.0 Å². The van der Waals surface area contributed by atoms with E-state index in [4.69, 9.17) is 4.74 Å². The molecule has 1 amide bonds. The minimum atomic E-state index is -3.82. The minimum Gasteiger partial charge on any atom is -0.491 e. The Morgan fingerprint density at radius 1 is 0.935 bits per heavy atom. The van der Waals surface area contributed by atoms with Gasteiger partial charge in [-0.15, -0.1) is 0 Å². The van der Waals surface area contributed by atoms with Gasteiger partial charge in [-0.1, -0.05) is 35.9 Å².